The van der Waals surface area contributed by atoms with Crippen LogP contribution in [0.2, 0.25) is 0 Å². The fraction of sp³-hybridized carbons (Fsp3) is 0.321. The van der Waals surface area contributed by atoms with Gasteiger partial charge in [-0.1, -0.05) is 72.8 Å². The number of amides is 2. The number of urea groups is 1. The van der Waals surface area contributed by atoms with Gasteiger partial charge < -0.3 is 9.80 Å². The van der Waals surface area contributed by atoms with Crippen molar-refractivity contribution < 1.29 is 9.18 Å². The minimum atomic E-state index is -0.255. The minimum absolute atomic E-state index is 0.00565. The SMILES string of the molecule is O=C1N(C2CCN(Cc3ccccc3)CC2)CC(c2ccccc2)N1Cc1ccc(F)cc1. The van der Waals surface area contributed by atoms with E-state index >= 15 is 0 Å². The fourth-order valence-corrected chi connectivity index (χ4v) is 5.12. The molecule has 0 aromatic heterocycles. The molecule has 0 aliphatic carbocycles. The highest BCUT2D eigenvalue weighted by Crippen LogP contribution is 2.34. The predicted octanol–water partition coefficient (Wildman–Crippen LogP) is 5.47. The van der Waals surface area contributed by atoms with E-state index in [-0.39, 0.29) is 23.9 Å². The summed E-state index contributed by atoms with van der Waals surface area (Å²) in [5, 5.41) is 0. The Kier molecular flexibility index (Phi) is 6.40. The molecule has 0 N–H and O–H groups in total. The van der Waals surface area contributed by atoms with Crippen molar-refractivity contribution in [3.63, 3.8) is 0 Å². The number of hydrogen-bond acceptors (Lipinski definition) is 2. The van der Waals surface area contributed by atoms with Crippen molar-refractivity contribution in [3.05, 3.63) is 107 Å². The molecule has 2 aliphatic heterocycles. The lowest BCUT2D eigenvalue weighted by Crippen LogP contribution is -2.46. The first-order chi connectivity index (χ1) is 16.2. The first kappa shape index (κ1) is 21.7. The summed E-state index contributed by atoms with van der Waals surface area (Å²) in [4.78, 5) is 20.1. The molecule has 33 heavy (non-hydrogen) atoms. The van der Waals surface area contributed by atoms with Crippen LogP contribution in [0.5, 0.6) is 0 Å². The Bertz CT molecular complexity index is 1050. The number of nitrogens with zero attached hydrogens (tertiary/aromatic N) is 3. The highest BCUT2D eigenvalue weighted by atomic mass is 19.1. The summed E-state index contributed by atoms with van der Waals surface area (Å²) in [5.41, 5.74) is 3.44. The smallest absolute Gasteiger partial charge is 0.319 e. The van der Waals surface area contributed by atoms with Crippen LogP contribution in [-0.4, -0.2) is 46.4 Å². The molecule has 170 valence electrons. The van der Waals surface area contributed by atoms with Crippen LogP contribution >= 0.6 is 0 Å². The average molecular weight is 444 g/mol. The summed E-state index contributed by atoms with van der Waals surface area (Å²) in [7, 11) is 0. The van der Waals surface area contributed by atoms with Gasteiger partial charge in [0.2, 0.25) is 0 Å². The molecule has 1 atom stereocenters. The van der Waals surface area contributed by atoms with E-state index in [1.807, 2.05) is 23.1 Å². The van der Waals surface area contributed by atoms with Gasteiger partial charge in [0.1, 0.15) is 5.82 Å². The van der Waals surface area contributed by atoms with E-state index in [0.29, 0.717) is 13.1 Å². The molecule has 3 aromatic rings. The molecule has 4 nitrogen and oxygen atoms in total. The molecule has 2 amide bonds. The van der Waals surface area contributed by atoms with Gasteiger partial charge in [-0.25, -0.2) is 9.18 Å². The number of piperidine rings is 1. The van der Waals surface area contributed by atoms with Gasteiger partial charge in [0.15, 0.2) is 0 Å². The van der Waals surface area contributed by atoms with Gasteiger partial charge in [-0.15, -0.1) is 0 Å². The number of halogens is 1. The van der Waals surface area contributed by atoms with E-state index in [1.165, 1.54) is 17.7 Å². The first-order valence-electron chi connectivity index (χ1n) is 11.8. The van der Waals surface area contributed by atoms with E-state index < -0.39 is 0 Å². The van der Waals surface area contributed by atoms with Gasteiger partial charge in [0.25, 0.3) is 0 Å². The highest BCUT2D eigenvalue weighted by molar-refractivity contribution is 5.78. The van der Waals surface area contributed by atoms with E-state index in [1.54, 1.807) is 12.1 Å². The van der Waals surface area contributed by atoms with E-state index in [4.69, 9.17) is 0 Å². The molecule has 3 aromatic carbocycles. The van der Waals surface area contributed by atoms with E-state index in [0.717, 1.165) is 43.6 Å². The zero-order chi connectivity index (χ0) is 22.6. The van der Waals surface area contributed by atoms with Gasteiger partial charge in [-0.2, -0.15) is 0 Å². The molecule has 2 saturated heterocycles. The molecular formula is C28H30FN3O. The summed E-state index contributed by atoms with van der Waals surface area (Å²) in [6.45, 7) is 4.15. The number of carbonyl (C=O) groups excluding carboxylic acids is 1. The topological polar surface area (TPSA) is 26.8 Å². The van der Waals surface area contributed by atoms with Crippen LogP contribution in [0.15, 0.2) is 84.9 Å². The van der Waals surface area contributed by atoms with Crippen LogP contribution in [0.25, 0.3) is 0 Å². The third kappa shape index (κ3) is 4.93. The molecule has 2 aliphatic rings. The van der Waals surface area contributed by atoms with Crippen molar-refractivity contribution in [2.45, 2.75) is 38.0 Å². The highest BCUT2D eigenvalue weighted by Gasteiger charge is 2.41. The standard InChI is InChI=1S/C28H30FN3O/c29-25-13-11-23(12-14-25)20-32-27(24-9-5-2-6-10-24)21-31(28(32)33)26-15-17-30(18-16-26)19-22-7-3-1-4-8-22/h1-14,26-27H,15-21H2. The molecule has 0 spiro atoms. The van der Waals surface area contributed by atoms with Crippen molar-refractivity contribution >= 4 is 6.03 Å². The zero-order valence-corrected chi connectivity index (χ0v) is 18.8. The largest absolute Gasteiger partial charge is 0.321 e. The summed E-state index contributed by atoms with van der Waals surface area (Å²) in [5.74, 6) is -0.255. The quantitative estimate of drug-likeness (QED) is 0.505. The van der Waals surface area contributed by atoms with Crippen molar-refractivity contribution in [2.75, 3.05) is 19.6 Å². The lowest BCUT2D eigenvalue weighted by molar-refractivity contribution is 0.126. The Hall–Kier alpha value is -3.18. The normalized spacial score (nSPS) is 19.9. The van der Waals surface area contributed by atoms with Crippen molar-refractivity contribution in [2.24, 2.45) is 0 Å². The Morgan fingerprint density at radius 3 is 2.03 bits per heavy atom. The van der Waals surface area contributed by atoms with Crippen LogP contribution in [0.3, 0.4) is 0 Å². The predicted molar refractivity (Wildman–Crippen MR) is 128 cm³/mol. The molecule has 2 heterocycles. The molecule has 0 bridgehead atoms. The molecule has 1 unspecified atom stereocenters. The van der Waals surface area contributed by atoms with Gasteiger partial charge in [0, 0.05) is 38.8 Å². The summed E-state index contributed by atoms with van der Waals surface area (Å²) in [6.07, 6.45) is 1.98. The second-order valence-corrected chi connectivity index (χ2v) is 9.11. The average Bonchev–Trinajstić information content (AvgIpc) is 3.18. The van der Waals surface area contributed by atoms with Crippen LogP contribution < -0.4 is 0 Å². The number of likely N-dealkylation sites (tertiary alicyclic amines) is 1. The fourth-order valence-electron chi connectivity index (χ4n) is 5.12. The lowest BCUT2D eigenvalue weighted by atomic mass is 10.0. The Morgan fingerprint density at radius 2 is 1.36 bits per heavy atom. The molecule has 2 fully saturated rings. The van der Waals surface area contributed by atoms with E-state index in [2.05, 4.69) is 52.3 Å². The maximum atomic E-state index is 13.6. The summed E-state index contributed by atoms with van der Waals surface area (Å²) in [6, 6.07) is 27.7. The van der Waals surface area contributed by atoms with Crippen LogP contribution in [-0.2, 0) is 13.1 Å². The number of hydrogen-bond donors (Lipinski definition) is 0. The van der Waals surface area contributed by atoms with Gasteiger partial charge in [-0.3, -0.25) is 4.90 Å². The third-order valence-corrected chi connectivity index (χ3v) is 6.93. The Labute approximate surface area is 195 Å². The molecule has 5 rings (SSSR count). The summed E-state index contributed by atoms with van der Waals surface area (Å²) < 4.78 is 13.4. The van der Waals surface area contributed by atoms with Crippen molar-refractivity contribution in [3.8, 4) is 0 Å². The number of carbonyl (C=O) groups is 1. The monoisotopic (exact) mass is 443 g/mol. The summed E-state index contributed by atoms with van der Waals surface area (Å²) >= 11 is 0. The number of rotatable bonds is 6. The second kappa shape index (κ2) is 9.75. The van der Waals surface area contributed by atoms with Gasteiger partial charge in [-0.05, 0) is 41.7 Å². The van der Waals surface area contributed by atoms with Crippen LogP contribution in [0.1, 0.15) is 35.6 Å². The van der Waals surface area contributed by atoms with Crippen LogP contribution in [0, 0.1) is 5.82 Å². The Balaban J connectivity index is 1.29. The van der Waals surface area contributed by atoms with Crippen LogP contribution in [0.4, 0.5) is 9.18 Å². The minimum Gasteiger partial charge on any atom is -0.319 e. The Morgan fingerprint density at radius 1 is 0.758 bits per heavy atom. The first-order valence-corrected chi connectivity index (χ1v) is 11.8. The second-order valence-electron chi connectivity index (χ2n) is 9.11. The molecule has 5 heteroatoms. The third-order valence-electron chi connectivity index (χ3n) is 6.93. The molecule has 0 saturated carbocycles. The number of benzene rings is 3. The van der Waals surface area contributed by atoms with Crippen molar-refractivity contribution in [1.82, 2.24) is 14.7 Å². The maximum absolute atomic E-state index is 13.6. The maximum Gasteiger partial charge on any atom is 0.321 e. The molecule has 0 radical (unpaired) electrons. The van der Waals surface area contributed by atoms with Gasteiger partial charge in [0.05, 0.1) is 6.04 Å². The lowest BCUT2D eigenvalue weighted by Gasteiger charge is -2.36. The zero-order valence-electron chi connectivity index (χ0n) is 18.8. The van der Waals surface area contributed by atoms with Crippen molar-refractivity contribution in [1.29, 1.82) is 0 Å². The molecular weight excluding hydrogens is 413 g/mol. The van der Waals surface area contributed by atoms with Gasteiger partial charge >= 0.3 is 6.03 Å². The van der Waals surface area contributed by atoms with E-state index in [9.17, 15) is 9.18 Å².